The fourth-order valence-corrected chi connectivity index (χ4v) is 3.08. The van der Waals surface area contributed by atoms with Crippen LogP contribution in [0.4, 0.5) is 0 Å². The van der Waals surface area contributed by atoms with Crippen LogP contribution in [-0.4, -0.2) is 18.9 Å². The van der Waals surface area contributed by atoms with E-state index in [2.05, 4.69) is 10.9 Å². The molecule has 2 N–H and O–H groups in total. The molecule has 0 radical (unpaired) electrons. The van der Waals surface area contributed by atoms with Crippen LogP contribution in [0.3, 0.4) is 0 Å². The number of nitrogens with one attached hydrogen (secondary N) is 2. The Morgan fingerprint density at radius 2 is 1.84 bits per heavy atom. The molecule has 7 heteroatoms. The van der Waals surface area contributed by atoms with Gasteiger partial charge in [-0.05, 0) is 48.2 Å². The fourth-order valence-electron chi connectivity index (χ4n) is 2.72. The maximum atomic E-state index is 12.2. The maximum absolute atomic E-state index is 12.2. The zero-order valence-corrected chi connectivity index (χ0v) is 14.9. The SMILES string of the molecule is COc1cc(Cl)ccc1C(=O)NNC(=O)C1CC1c1cccc(Cl)c1. The largest absolute Gasteiger partial charge is 0.496 e. The maximum Gasteiger partial charge on any atom is 0.273 e. The molecule has 2 amide bonds. The number of amides is 2. The van der Waals surface area contributed by atoms with E-state index < -0.39 is 5.91 Å². The van der Waals surface area contributed by atoms with Crippen molar-refractivity contribution in [3.63, 3.8) is 0 Å². The van der Waals surface area contributed by atoms with Crippen LogP contribution in [0.25, 0.3) is 0 Å². The van der Waals surface area contributed by atoms with Crippen LogP contribution in [0, 0.1) is 5.92 Å². The van der Waals surface area contributed by atoms with Crippen molar-refractivity contribution in [3.8, 4) is 5.75 Å². The highest BCUT2D eigenvalue weighted by atomic mass is 35.5. The number of rotatable bonds is 4. The van der Waals surface area contributed by atoms with Crippen LogP contribution in [0.15, 0.2) is 42.5 Å². The quantitative estimate of drug-likeness (QED) is 0.799. The Balaban J connectivity index is 1.57. The van der Waals surface area contributed by atoms with Crippen molar-refractivity contribution in [2.75, 3.05) is 7.11 Å². The zero-order valence-electron chi connectivity index (χ0n) is 13.4. The molecule has 0 spiro atoms. The van der Waals surface area contributed by atoms with Crippen LogP contribution >= 0.6 is 23.2 Å². The van der Waals surface area contributed by atoms with E-state index in [0.29, 0.717) is 15.8 Å². The van der Waals surface area contributed by atoms with Gasteiger partial charge in [0.05, 0.1) is 12.7 Å². The summed E-state index contributed by atoms with van der Waals surface area (Å²) < 4.78 is 5.13. The van der Waals surface area contributed by atoms with Crippen LogP contribution in [-0.2, 0) is 4.79 Å². The summed E-state index contributed by atoms with van der Waals surface area (Å²) in [6, 6.07) is 12.1. The van der Waals surface area contributed by atoms with Crippen molar-refractivity contribution in [2.45, 2.75) is 12.3 Å². The van der Waals surface area contributed by atoms with E-state index in [1.165, 1.54) is 19.2 Å². The summed E-state index contributed by atoms with van der Waals surface area (Å²) in [5.74, 6) is -0.415. The Morgan fingerprint density at radius 1 is 1.08 bits per heavy atom. The number of halogens is 2. The first-order chi connectivity index (χ1) is 12.0. The molecule has 1 saturated carbocycles. The Labute approximate surface area is 155 Å². The van der Waals surface area contributed by atoms with E-state index >= 15 is 0 Å². The number of carbonyl (C=O) groups excluding carboxylic acids is 2. The Kier molecular flexibility index (Phi) is 5.16. The minimum absolute atomic E-state index is 0.126. The Hall–Kier alpha value is -2.24. The Bertz CT molecular complexity index is 826. The predicted octanol–water partition coefficient (Wildman–Crippen LogP) is 3.57. The number of hydrogen-bond donors (Lipinski definition) is 2. The van der Waals surface area contributed by atoms with Crippen molar-refractivity contribution in [1.82, 2.24) is 10.9 Å². The minimum Gasteiger partial charge on any atom is -0.496 e. The minimum atomic E-state index is -0.471. The summed E-state index contributed by atoms with van der Waals surface area (Å²) in [5, 5.41) is 1.10. The smallest absolute Gasteiger partial charge is 0.273 e. The topological polar surface area (TPSA) is 67.4 Å². The van der Waals surface area contributed by atoms with Gasteiger partial charge in [-0.3, -0.25) is 20.4 Å². The van der Waals surface area contributed by atoms with Gasteiger partial charge in [0.1, 0.15) is 5.75 Å². The van der Waals surface area contributed by atoms with Gasteiger partial charge >= 0.3 is 0 Å². The van der Waals surface area contributed by atoms with E-state index in [4.69, 9.17) is 27.9 Å². The molecule has 2 aromatic carbocycles. The summed E-state index contributed by atoms with van der Waals surface area (Å²) in [4.78, 5) is 24.4. The lowest BCUT2D eigenvalue weighted by molar-refractivity contribution is -0.123. The molecule has 2 aromatic rings. The average molecular weight is 379 g/mol. The van der Waals surface area contributed by atoms with Gasteiger partial charge in [-0.25, -0.2) is 0 Å². The molecule has 0 bridgehead atoms. The van der Waals surface area contributed by atoms with Crippen LogP contribution in [0.5, 0.6) is 5.75 Å². The summed E-state index contributed by atoms with van der Waals surface area (Å²) in [7, 11) is 1.45. The van der Waals surface area contributed by atoms with Gasteiger partial charge < -0.3 is 4.74 Å². The third-order valence-electron chi connectivity index (χ3n) is 4.11. The second-order valence-electron chi connectivity index (χ2n) is 5.79. The van der Waals surface area contributed by atoms with Crippen molar-refractivity contribution in [2.24, 2.45) is 5.92 Å². The first-order valence-electron chi connectivity index (χ1n) is 7.69. The first kappa shape index (κ1) is 17.6. The molecule has 1 fully saturated rings. The molecule has 0 saturated heterocycles. The molecular formula is C18H16Cl2N2O3. The summed E-state index contributed by atoms with van der Waals surface area (Å²) in [5.41, 5.74) is 6.19. The molecule has 0 aliphatic heterocycles. The van der Waals surface area contributed by atoms with Gasteiger partial charge in [0.15, 0.2) is 0 Å². The normalized spacial score (nSPS) is 18.4. The highest BCUT2D eigenvalue weighted by molar-refractivity contribution is 6.31. The van der Waals surface area contributed by atoms with E-state index in [1.54, 1.807) is 12.1 Å². The first-order valence-corrected chi connectivity index (χ1v) is 8.44. The predicted molar refractivity (Wildman–Crippen MR) is 95.9 cm³/mol. The van der Waals surface area contributed by atoms with Gasteiger partial charge in [-0.2, -0.15) is 0 Å². The molecule has 0 aromatic heterocycles. The van der Waals surface area contributed by atoms with Gasteiger partial charge in [-0.15, -0.1) is 0 Å². The second kappa shape index (κ2) is 7.33. The highest BCUT2D eigenvalue weighted by Crippen LogP contribution is 2.47. The van der Waals surface area contributed by atoms with Gasteiger partial charge in [0, 0.05) is 16.0 Å². The number of carbonyl (C=O) groups is 2. The standard InChI is InChI=1S/C18H16Cl2N2O3/c1-25-16-8-12(20)5-6-13(16)17(23)21-22-18(24)15-9-14(15)10-3-2-4-11(19)7-10/h2-8,14-15H,9H2,1H3,(H,21,23)(H,22,24). The van der Waals surface area contributed by atoms with Crippen molar-refractivity contribution < 1.29 is 14.3 Å². The molecule has 2 atom stereocenters. The summed E-state index contributed by atoms with van der Waals surface area (Å²) in [6.07, 6.45) is 0.728. The number of hydrazine groups is 1. The van der Waals surface area contributed by atoms with Crippen molar-refractivity contribution in [1.29, 1.82) is 0 Å². The molecular weight excluding hydrogens is 363 g/mol. The number of methoxy groups -OCH3 is 1. The molecule has 130 valence electrons. The third kappa shape index (κ3) is 4.06. The lowest BCUT2D eigenvalue weighted by Crippen LogP contribution is -2.42. The lowest BCUT2D eigenvalue weighted by Gasteiger charge is -2.10. The Morgan fingerprint density at radius 3 is 2.56 bits per heavy atom. The third-order valence-corrected chi connectivity index (χ3v) is 4.58. The molecule has 0 heterocycles. The molecule has 1 aliphatic rings. The van der Waals surface area contributed by atoms with Crippen LogP contribution < -0.4 is 15.6 Å². The molecule has 2 unspecified atom stereocenters. The highest BCUT2D eigenvalue weighted by Gasteiger charge is 2.44. The zero-order chi connectivity index (χ0) is 18.0. The second-order valence-corrected chi connectivity index (χ2v) is 6.66. The van der Waals surface area contributed by atoms with E-state index in [9.17, 15) is 9.59 Å². The van der Waals surface area contributed by atoms with Crippen LogP contribution in [0.1, 0.15) is 28.3 Å². The number of ether oxygens (including phenoxy) is 1. The molecule has 25 heavy (non-hydrogen) atoms. The molecule has 5 nitrogen and oxygen atoms in total. The van der Waals surface area contributed by atoms with Gasteiger partial charge in [0.2, 0.25) is 5.91 Å². The van der Waals surface area contributed by atoms with E-state index in [1.807, 2.05) is 18.2 Å². The van der Waals surface area contributed by atoms with Gasteiger partial charge in [-0.1, -0.05) is 35.3 Å². The number of hydrogen-bond acceptors (Lipinski definition) is 3. The van der Waals surface area contributed by atoms with Crippen LogP contribution in [0.2, 0.25) is 10.0 Å². The molecule has 3 rings (SSSR count). The fraction of sp³-hybridized carbons (Fsp3) is 0.222. The summed E-state index contributed by atoms with van der Waals surface area (Å²) >= 11 is 11.8. The lowest BCUT2D eigenvalue weighted by atomic mass is 10.1. The van der Waals surface area contributed by atoms with E-state index in [0.717, 1.165) is 12.0 Å². The number of benzene rings is 2. The van der Waals surface area contributed by atoms with Crippen molar-refractivity contribution >= 4 is 35.0 Å². The van der Waals surface area contributed by atoms with Gasteiger partial charge in [0.25, 0.3) is 5.91 Å². The summed E-state index contributed by atoms with van der Waals surface area (Å²) in [6.45, 7) is 0. The monoisotopic (exact) mass is 378 g/mol. The molecule has 1 aliphatic carbocycles. The van der Waals surface area contributed by atoms with Crippen molar-refractivity contribution in [3.05, 3.63) is 63.6 Å². The average Bonchev–Trinajstić information content (AvgIpc) is 3.40. The van der Waals surface area contributed by atoms with E-state index in [-0.39, 0.29) is 23.3 Å².